The lowest BCUT2D eigenvalue weighted by molar-refractivity contribution is -0.384. The summed E-state index contributed by atoms with van der Waals surface area (Å²) in [4.78, 5) is 21.8. The SMILES string of the molecule is COC(=O)c1ccc([N+](=O)[O-])c(NCC=C(C)C)c1. The van der Waals surface area contributed by atoms with Crippen LogP contribution in [0.4, 0.5) is 11.4 Å². The van der Waals surface area contributed by atoms with Crippen molar-refractivity contribution in [1.29, 1.82) is 0 Å². The van der Waals surface area contributed by atoms with Gasteiger partial charge in [0.15, 0.2) is 0 Å². The van der Waals surface area contributed by atoms with Crippen molar-refractivity contribution < 1.29 is 14.5 Å². The van der Waals surface area contributed by atoms with Crippen LogP contribution in [0, 0.1) is 10.1 Å². The van der Waals surface area contributed by atoms with Crippen molar-refractivity contribution in [2.75, 3.05) is 19.0 Å². The molecule has 0 amide bonds. The molecule has 0 spiro atoms. The molecule has 0 saturated carbocycles. The number of carbonyl (C=O) groups is 1. The van der Waals surface area contributed by atoms with E-state index in [0.29, 0.717) is 12.2 Å². The van der Waals surface area contributed by atoms with Crippen LogP contribution >= 0.6 is 0 Å². The lowest BCUT2D eigenvalue weighted by Gasteiger charge is -2.07. The minimum atomic E-state index is -0.528. The van der Waals surface area contributed by atoms with Gasteiger partial charge >= 0.3 is 5.97 Å². The molecule has 6 nitrogen and oxygen atoms in total. The van der Waals surface area contributed by atoms with Crippen molar-refractivity contribution in [2.24, 2.45) is 0 Å². The molecule has 0 aliphatic carbocycles. The van der Waals surface area contributed by atoms with Gasteiger partial charge in [-0.2, -0.15) is 0 Å². The van der Waals surface area contributed by atoms with E-state index in [1.165, 1.54) is 25.3 Å². The Kier molecular flexibility index (Phi) is 5.05. The normalized spacial score (nSPS) is 9.63. The highest BCUT2D eigenvalue weighted by Gasteiger charge is 2.16. The van der Waals surface area contributed by atoms with E-state index in [4.69, 9.17) is 0 Å². The molecule has 1 rings (SSSR count). The average Bonchev–Trinajstić information content (AvgIpc) is 2.37. The number of nitrogens with one attached hydrogen (secondary N) is 1. The number of nitro groups is 1. The van der Waals surface area contributed by atoms with Crippen molar-refractivity contribution in [3.63, 3.8) is 0 Å². The average molecular weight is 264 g/mol. The Morgan fingerprint density at radius 1 is 1.47 bits per heavy atom. The Balaban J connectivity index is 3.05. The zero-order valence-corrected chi connectivity index (χ0v) is 11.1. The molecule has 0 bridgehead atoms. The third-order valence-electron chi connectivity index (χ3n) is 2.42. The largest absolute Gasteiger partial charge is 0.465 e. The Labute approximate surface area is 111 Å². The molecule has 0 aliphatic heterocycles. The standard InChI is InChI=1S/C13H16N2O4/c1-9(2)6-7-14-11-8-10(13(16)19-3)4-5-12(11)15(17)18/h4-6,8,14H,7H2,1-3H3. The van der Waals surface area contributed by atoms with Crippen LogP contribution in [-0.2, 0) is 4.74 Å². The van der Waals surface area contributed by atoms with Gasteiger partial charge in [0.25, 0.3) is 5.69 Å². The van der Waals surface area contributed by atoms with E-state index < -0.39 is 10.9 Å². The van der Waals surface area contributed by atoms with Gasteiger partial charge in [0, 0.05) is 12.6 Å². The molecule has 0 heterocycles. The number of esters is 1. The Morgan fingerprint density at radius 3 is 2.68 bits per heavy atom. The van der Waals surface area contributed by atoms with Crippen molar-refractivity contribution in [3.8, 4) is 0 Å². The maximum Gasteiger partial charge on any atom is 0.337 e. The molecule has 0 aliphatic rings. The highest BCUT2D eigenvalue weighted by atomic mass is 16.6. The number of nitrogens with zero attached hydrogens (tertiary/aromatic N) is 1. The number of allylic oxidation sites excluding steroid dienone is 1. The number of anilines is 1. The number of benzene rings is 1. The summed E-state index contributed by atoms with van der Waals surface area (Å²) in [7, 11) is 1.26. The second-order valence-electron chi connectivity index (χ2n) is 4.14. The Hall–Kier alpha value is -2.37. The van der Waals surface area contributed by atoms with Gasteiger partial charge in [0.2, 0.25) is 0 Å². The molecule has 1 aromatic carbocycles. The first-order valence-corrected chi connectivity index (χ1v) is 5.69. The minimum absolute atomic E-state index is 0.0743. The molecule has 0 saturated heterocycles. The van der Waals surface area contributed by atoms with Crippen molar-refractivity contribution in [1.82, 2.24) is 0 Å². The van der Waals surface area contributed by atoms with Gasteiger partial charge in [0.05, 0.1) is 17.6 Å². The first kappa shape index (κ1) is 14.7. The topological polar surface area (TPSA) is 81.5 Å². The van der Waals surface area contributed by atoms with Crippen LogP contribution in [0.2, 0.25) is 0 Å². The second-order valence-corrected chi connectivity index (χ2v) is 4.14. The molecular formula is C13H16N2O4. The molecule has 1 N–H and O–H groups in total. The third kappa shape index (κ3) is 4.09. The quantitative estimate of drug-likeness (QED) is 0.383. The summed E-state index contributed by atoms with van der Waals surface area (Å²) in [5.41, 5.74) is 1.59. The Morgan fingerprint density at radius 2 is 2.16 bits per heavy atom. The fourth-order valence-corrected chi connectivity index (χ4v) is 1.45. The molecule has 1 aromatic rings. The zero-order valence-electron chi connectivity index (χ0n) is 11.1. The fraction of sp³-hybridized carbons (Fsp3) is 0.308. The highest BCUT2D eigenvalue weighted by molar-refractivity contribution is 5.91. The monoisotopic (exact) mass is 264 g/mol. The molecule has 0 radical (unpaired) electrons. The summed E-state index contributed by atoms with van der Waals surface area (Å²) in [6.45, 7) is 4.32. The van der Waals surface area contributed by atoms with E-state index in [-0.39, 0.29) is 11.3 Å². The predicted molar refractivity (Wildman–Crippen MR) is 72.4 cm³/mol. The number of methoxy groups -OCH3 is 1. The summed E-state index contributed by atoms with van der Waals surface area (Å²) in [5, 5.41) is 13.8. The number of carbonyl (C=O) groups excluding carboxylic acids is 1. The van der Waals surface area contributed by atoms with E-state index in [1.807, 2.05) is 19.9 Å². The van der Waals surface area contributed by atoms with Crippen molar-refractivity contribution in [3.05, 3.63) is 45.5 Å². The van der Waals surface area contributed by atoms with E-state index in [0.717, 1.165) is 5.57 Å². The molecule has 19 heavy (non-hydrogen) atoms. The van der Waals surface area contributed by atoms with Crippen LogP contribution in [0.15, 0.2) is 29.8 Å². The molecule has 0 atom stereocenters. The molecule has 102 valence electrons. The van der Waals surface area contributed by atoms with E-state index in [2.05, 4.69) is 10.1 Å². The van der Waals surface area contributed by atoms with Gasteiger partial charge in [-0.15, -0.1) is 0 Å². The minimum Gasteiger partial charge on any atom is -0.465 e. The van der Waals surface area contributed by atoms with Crippen molar-refractivity contribution >= 4 is 17.3 Å². The summed E-state index contributed by atoms with van der Waals surface area (Å²) in [6.07, 6.45) is 1.90. The van der Waals surface area contributed by atoms with Crippen molar-refractivity contribution in [2.45, 2.75) is 13.8 Å². The van der Waals surface area contributed by atoms with Crippen LogP contribution in [0.25, 0.3) is 0 Å². The molecule has 0 aromatic heterocycles. The van der Waals surface area contributed by atoms with Gasteiger partial charge in [-0.05, 0) is 26.0 Å². The number of nitro benzene ring substituents is 1. The van der Waals surface area contributed by atoms with Crippen LogP contribution in [0.3, 0.4) is 0 Å². The van der Waals surface area contributed by atoms with Gasteiger partial charge in [0.1, 0.15) is 5.69 Å². The fourth-order valence-electron chi connectivity index (χ4n) is 1.45. The van der Waals surface area contributed by atoms with Gasteiger partial charge < -0.3 is 10.1 Å². The third-order valence-corrected chi connectivity index (χ3v) is 2.42. The lowest BCUT2D eigenvalue weighted by atomic mass is 10.1. The number of ether oxygens (including phenoxy) is 1. The second kappa shape index (κ2) is 6.53. The van der Waals surface area contributed by atoms with Crippen LogP contribution in [-0.4, -0.2) is 24.5 Å². The predicted octanol–water partition coefficient (Wildman–Crippen LogP) is 2.76. The van der Waals surface area contributed by atoms with Gasteiger partial charge in [-0.1, -0.05) is 11.6 Å². The maximum atomic E-state index is 11.4. The number of rotatable bonds is 5. The van der Waals surface area contributed by atoms with E-state index in [1.54, 1.807) is 0 Å². The molecule has 0 fully saturated rings. The van der Waals surface area contributed by atoms with Crippen LogP contribution < -0.4 is 5.32 Å². The van der Waals surface area contributed by atoms with Crippen LogP contribution in [0.1, 0.15) is 24.2 Å². The summed E-state index contributed by atoms with van der Waals surface area (Å²) in [5.74, 6) is -0.528. The van der Waals surface area contributed by atoms with Crippen LogP contribution in [0.5, 0.6) is 0 Å². The smallest absolute Gasteiger partial charge is 0.337 e. The number of hydrogen-bond acceptors (Lipinski definition) is 5. The first-order valence-electron chi connectivity index (χ1n) is 5.69. The van der Waals surface area contributed by atoms with E-state index in [9.17, 15) is 14.9 Å². The lowest BCUT2D eigenvalue weighted by Crippen LogP contribution is -2.06. The Bertz CT molecular complexity index is 519. The molecule has 0 unspecified atom stereocenters. The molecule has 6 heteroatoms. The molecular weight excluding hydrogens is 248 g/mol. The first-order chi connectivity index (χ1) is 8.95. The highest BCUT2D eigenvalue weighted by Crippen LogP contribution is 2.25. The van der Waals surface area contributed by atoms with Gasteiger partial charge in [-0.3, -0.25) is 10.1 Å². The maximum absolute atomic E-state index is 11.4. The summed E-state index contributed by atoms with van der Waals surface area (Å²) >= 11 is 0. The number of hydrogen-bond donors (Lipinski definition) is 1. The summed E-state index contributed by atoms with van der Waals surface area (Å²) < 4.78 is 4.59. The van der Waals surface area contributed by atoms with Gasteiger partial charge in [-0.25, -0.2) is 4.79 Å². The van der Waals surface area contributed by atoms with E-state index >= 15 is 0 Å². The summed E-state index contributed by atoms with van der Waals surface area (Å²) in [6, 6.07) is 4.08. The zero-order chi connectivity index (χ0) is 14.4.